The highest BCUT2D eigenvalue weighted by Gasteiger charge is 2.43. The van der Waals surface area contributed by atoms with Gasteiger partial charge in [0.15, 0.2) is 0 Å². The molecule has 1 heterocycles. The Bertz CT molecular complexity index is 215. The summed E-state index contributed by atoms with van der Waals surface area (Å²) in [4.78, 5) is 22.1. The first-order valence-corrected chi connectivity index (χ1v) is 4.59. The Hall–Kier alpha value is -1.06. The molecular formula is C9H15NO3. The quantitative estimate of drug-likeness (QED) is 0.511. The van der Waals surface area contributed by atoms with Crippen molar-refractivity contribution in [3.63, 3.8) is 0 Å². The third-order valence-corrected chi connectivity index (χ3v) is 2.36. The average Bonchev–Trinajstić information content (AvgIpc) is 2.13. The number of carbonyl (C=O) groups excluding carboxylic acids is 2. The molecule has 1 saturated heterocycles. The highest BCUT2D eigenvalue weighted by Crippen LogP contribution is 2.22. The van der Waals surface area contributed by atoms with E-state index in [-0.39, 0.29) is 17.8 Å². The topological polar surface area (TPSA) is 55.4 Å². The molecule has 2 atom stereocenters. The number of ether oxygens (including phenoxy) is 1. The van der Waals surface area contributed by atoms with Crippen LogP contribution in [0.1, 0.15) is 26.2 Å². The van der Waals surface area contributed by atoms with Crippen LogP contribution in [0, 0.1) is 5.92 Å². The molecule has 0 aromatic carbocycles. The first-order valence-electron chi connectivity index (χ1n) is 4.59. The number of amides is 1. The molecule has 4 nitrogen and oxygen atoms in total. The fraction of sp³-hybridized carbons (Fsp3) is 0.778. The zero-order chi connectivity index (χ0) is 9.84. The lowest BCUT2D eigenvalue weighted by Crippen LogP contribution is -2.62. The summed E-state index contributed by atoms with van der Waals surface area (Å²) in [7, 11) is 1.34. The molecule has 1 amide bonds. The van der Waals surface area contributed by atoms with E-state index < -0.39 is 6.04 Å². The van der Waals surface area contributed by atoms with Crippen LogP contribution in [0.3, 0.4) is 0 Å². The lowest BCUT2D eigenvalue weighted by molar-refractivity contribution is -0.155. The minimum absolute atomic E-state index is 0.0242. The van der Waals surface area contributed by atoms with Crippen LogP contribution in [0.25, 0.3) is 0 Å². The molecule has 0 bridgehead atoms. The fourth-order valence-electron chi connectivity index (χ4n) is 1.49. The zero-order valence-corrected chi connectivity index (χ0v) is 8.00. The molecule has 1 fully saturated rings. The van der Waals surface area contributed by atoms with Crippen molar-refractivity contribution in [2.75, 3.05) is 7.11 Å². The van der Waals surface area contributed by atoms with Crippen LogP contribution in [0.5, 0.6) is 0 Å². The maximum Gasteiger partial charge on any atom is 0.329 e. The van der Waals surface area contributed by atoms with Crippen LogP contribution in [0.4, 0.5) is 0 Å². The average molecular weight is 185 g/mol. The SMILES string of the molecule is CCCC[C@H]1C(=O)N[C@@H]1C(=O)OC. The Morgan fingerprint density at radius 1 is 1.62 bits per heavy atom. The van der Waals surface area contributed by atoms with Crippen molar-refractivity contribution in [3.8, 4) is 0 Å². The molecular weight excluding hydrogens is 170 g/mol. The smallest absolute Gasteiger partial charge is 0.329 e. The first kappa shape index (κ1) is 10.0. The van der Waals surface area contributed by atoms with Crippen LogP contribution in [0.2, 0.25) is 0 Å². The normalized spacial score (nSPS) is 26.2. The van der Waals surface area contributed by atoms with Gasteiger partial charge in [-0.15, -0.1) is 0 Å². The van der Waals surface area contributed by atoms with Gasteiger partial charge in [0.05, 0.1) is 13.0 Å². The number of hydrogen-bond donors (Lipinski definition) is 1. The maximum absolute atomic E-state index is 11.1. The van der Waals surface area contributed by atoms with Crippen molar-refractivity contribution >= 4 is 11.9 Å². The van der Waals surface area contributed by atoms with Crippen LogP contribution >= 0.6 is 0 Å². The number of carbonyl (C=O) groups is 2. The highest BCUT2D eigenvalue weighted by molar-refractivity contribution is 5.97. The van der Waals surface area contributed by atoms with Gasteiger partial charge in [-0.1, -0.05) is 19.8 Å². The number of methoxy groups -OCH3 is 1. The molecule has 1 aliphatic heterocycles. The van der Waals surface area contributed by atoms with Crippen LogP contribution < -0.4 is 5.32 Å². The molecule has 0 spiro atoms. The number of hydrogen-bond acceptors (Lipinski definition) is 3. The van der Waals surface area contributed by atoms with Gasteiger partial charge in [-0.3, -0.25) is 4.79 Å². The highest BCUT2D eigenvalue weighted by atomic mass is 16.5. The summed E-state index contributed by atoms with van der Waals surface area (Å²) in [6.07, 6.45) is 2.80. The molecule has 0 aliphatic carbocycles. The van der Waals surface area contributed by atoms with Gasteiger partial charge in [0, 0.05) is 0 Å². The molecule has 0 saturated carbocycles. The van der Waals surface area contributed by atoms with Gasteiger partial charge in [0.25, 0.3) is 0 Å². The Morgan fingerprint density at radius 3 is 2.77 bits per heavy atom. The Morgan fingerprint density at radius 2 is 2.31 bits per heavy atom. The minimum Gasteiger partial charge on any atom is -0.467 e. The van der Waals surface area contributed by atoms with Gasteiger partial charge in [-0.25, -0.2) is 4.79 Å². The number of esters is 1. The van der Waals surface area contributed by atoms with Crippen molar-refractivity contribution in [3.05, 3.63) is 0 Å². The van der Waals surface area contributed by atoms with Gasteiger partial charge in [0.1, 0.15) is 6.04 Å². The van der Waals surface area contributed by atoms with E-state index in [9.17, 15) is 9.59 Å². The number of rotatable bonds is 4. The second kappa shape index (κ2) is 4.25. The third kappa shape index (κ3) is 1.99. The molecule has 0 radical (unpaired) electrons. The van der Waals surface area contributed by atoms with Crippen LogP contribution in [-0.2, 0) is 14.3 Å². The van der Waals surface area contributed by atoms with Gasteiger partial charge in [-0.05, 0) is 6.42 Å². The van der Waals surface area contributed by atoms with E-state index in [4.69, 9.17) is 0 Å². The largest absolute Gasteiger partial charge is 0.467 e. The van der Waals surface area contributed by atoms with E-state index in [1.807, 2.05) is 0 Å². The number of β-lactam (4-membered cyclic amide) rings is 1. The molecule has 1 N–H and O–H groups in total. The van der Waals surface area contributed by atoms with E-state index in [0.29, 0.717) is 0 Å². The molecule has 1 rings (SSSR count). The molecule has 0 aromatic heterocycles. The van der Waals surface area contributed by atoms with Gasteiger partial charge in [0.2, 0.25) is 5.91 Å². The van der Waals surface area contributed by atoms with E-state index >= 15 is 0 Å². The van der Waals surface area contributed by atoms with Gasteiger partial charge >= 0.3 is 5.97 Å². The Balaban J connectivity index is 2.41. The summed E-state index contributed by atoms with van der Waals surface area (Å²) in [6.45, 7) is 2.06. The molecule has 74 valence electrons. The monoisotopic (exact) mass is 185 g/mol. The predicted molar refractivity (Wildman–Crippen MR) is 47.0 cm³/mol. The molecule has 13 heavy (non-hydrogen) atoms. The summed E-state index contributed by atoms with van der Waals surface area (Å²) in [5.74, 6) is -0.517. The maximum atomic E-state index is 11.1. The van der Waals surface area contributed by atoms with Gasteiger partial charge < -0.3 is 10.1 Å². The van der Waals surface area contributed by atoms with E-state index in [2.05, 4.69) is 17.0 Å². The van der Waals surface area contributed by atoms with Crippen molar-refractivity contribution < 1.29 is 14.3 Å². The predicted octanol–water partition coefficient (Wildman–Crippen LogP) is 0.464. The van der Waals surface area contributed by atoms with Crippen molar-refractivity contribution in [1.29, 1.82) is 0 Å². The van der Waals surface area contributed by atoms with E-state index in [1.54, 1.807) is 0 Å². The second-order valence-electron chi connectivity index (χ2n) is 3.26. The Labute approximate surface area is 77.6 Å². The standard InChI is InChI=1S/C9H15NO3/c1-3-4-5-6-7(9(12)13-2)10-8(6)11/h6-7H,3-5H2,1-2H3,(H,10,11)/t6-,7+/m1/s1. The number of unbranched alkanes of at least 4 members (excludes halogenated alkanes) is 1. The van der Waals surface area contributed by atoms with E-state index in [1.165, 1.54) is 7.11 Å². The molecule has 4 heteroatoms. The minimum atomic E-state index is -0.399. The second-order valence-corrected chi connectivity index (χ2v) is 3.26. The number of nitrogens with one attached hydrogen (secondary N) is 1. The zero-order valence-electron chi connectivity index (χ0n) is 8.00. The van der Waals surface area contributed by atoms with Crippen LogP contribution in [0.15, 0.2) is 0 Å². The van der Waals surface area contributed by atoms with Crippen molar-refractivity contribution in [2.45, 2.75) is 32.2 Å². The lowest BCUT2D eigenvalue weighted by atomic mass is 9.86. The summed E-state index contributed by atoms with van der Waals surface area (Å²) in [5.41, 5.74) is 0. The van der Waals surface area contributed by atoms with Crippen molar-refractivity contribution in [1.82, 2.24) is 5.32 Å². The fourth-order valence-corrected chi connectivity index (χ4v) is 1.49. The first-order chi connectivity index (χ1) is 6.20. The summed E-state index contributed by atoms with van der Waals surface area (Å²) < 4.78 is 4.56. The molecule has 0 aromatic rings. The molecule has 0 unspecified atom stereocenters. The van der Waals surface area contributed by atoms with E-state index in [0.717, 1.165) is 19.3 Å². The van der Waals surface area contributed by atoms with Crippen LogP contribution in [-0.4, -0.2) is 25.0 Å². The summed E-state index contributed by atoms with van der Waals surface area (Å²) in [6, 6.07) is -0.399. The Kier molecular flexibility index (Phi) is 3.28. The summed E-state index contributed by atoms with van der Waals surface area (Å²) in [5, 5.41) is 2.54. The summed E-state index contributed by atoms with van der Waals surface area (Å²) >= 11 is 0. The third-order valence-electron chi connectivity index (χ3n) is 2.36. The lowest BCUT2D eigenvalue weighted by Gasteiger charge is -2.34. The van der Waals surface area contributed by atoms with Crippen molar-refractivity contribution in [2.24, 2.45) is 5.92 Å². The molecule has 1 aliphatic rings. The van der Waals surface area contributed by atoms with Gasteiger partial charge in [-0.2, -0.15) is 0 Å².